The SMILES string of the molecule is CCCn1ncnc1CC(N)CCOc1cccc(C)c1. The molecule has 2 N–H and O–H groups in total. The summed E-state index contributed by atoms with van der Waals surface area (Å²) in [5, 5.41) is 4.22. The molecule has 1 unspecified atom stereocenters. The lowest BCUT2D eigenvalue weighted by Crippen LogP contribution is -2.27. The second kappa shape index (κ2) is 7.78. The van der Waals surface area contributed by atoms with Gasteiger partial charge in [0.15, 0.2) is 0 Å². The van der Waals surface area contributed by atoms with Crippen LogP contribution in [0.15, 0.2) is 30.6 Å². The lowest BCUT2D eigenvalue weighted by Gasteiger charge is -2.13. The summed E-state index contributed by atoms with van der Waals surface area (Å²) in [4.78, 5) is 4.28. The first kappa shape index (κ1) is 15.5. The van der Waals surface area contributed by atoms with E-state index in [1.54, 1.807) is 6.33 Å². The van der Waals surface area contributed by atoms with Gasteiger partial charge in [0.25, 0.3) is 0 Å². The molecule has 5 heteroatoms. The maximum absolute atomic E-state index is 6.16. The number of nitrogens with two attached hydrogens (primary N) is 1. The van der Waals surface area contributed by atoms with Gasteiger partial charge in [-0.1, -0.05) is 19.1 Å². The predicted molar refractivity (Wildman–Crippen MR) is 83.3 cm³/mol. The zero-order valence-electron chi connectivity index (χ0n) is 12.8. The molecule has 0 saturated carbocycles. The molecule has 0 aliphatic carbocycles. The summed E-state index contributed by atoms with van der Waals surface area (Å²) in [6.45, 7) is 5.69. The van der Waals surface area contributed by atoms with E-state index in [2.05, 4.69) is 30.0 Å². The van der Waals surface area contributed by atoms with Crippen LogP contribution in [0.1, 0.15) is 31.2 Å². The molecule has 1 heterocycles. The number of hydrogen-bond donors (Lipinski definition) is 1. The van der Waals surface area contributed by atoms with Gasteiger partial charge in [0, 0.05) is 19.0 Å². The Labute approximate surface area is 126 Å². The molecule has 1 atom stereocenters. The number of ether oxygens (including phenoxy) is 1. The third-order valence-electron chi connectivity index (χ3n) is 3.32. The van der Waals surface area contributed by atoms with Crippen molar-refractivity contribution in [3.05, 3.63) is 42.0 Å². The lowest BCUT2D eigenvalue weighted by atomic mass is 10.1. The summed E-state index contributed by atoms with van der Waals surface area (Å²) >= 11 is 0. The highest BCUT2D eigenvalue weighted by Crippen LogP contribution is 2.13. The molecule has 114 valence electrons. The van der Waals surface area contributed by atoms with Gasteiger partial charge in [-0.2, -0.15) is 5.10 Å². The van der Waals surface area contributed by atoms with Crippen molar-refractivity contribution in [3.63, 3.8) is 0 Å². The molecule has 2 aromatic rings. The summed E-state index contributed by atoms with van der Waals surface area (Å²) in [5.41, 5.74) is 7.36. The van der Waals surface area contributed by atoms with Crippen LogP contribution in [0, 0.1) is 6.92 Å². The monoisotopic (exact) mass is 288 g/mol. The van der Waals surface area contributed by atoms with E-state index < -0.39 is 0 Å². The van der Waals surface area contributed by atoms with E-state index >= 15 is 0 Å². The van der Waals surface area contributed by atoms with Crippen LogP contribution in [0.2, 0.25) is 0 Å². The maximum atomic E-state index is 6.16. The highest BCUT2D eigenvalue weighted by atomic mass is 16.5. The van der Waals surface area contributed by atoms with E-state index in [9.17, 15) is 0 Å². The molecular formula is C16H24N4O. The minimum atomic E-state index is 0.0367. The Morgan fingerprint density at radius 2 is 2.24 bits per heavy atom. The first-order chi connectivity index (χ1) is 10.2. The first-order valence-electron chi connectivity index (χ1n) is 7.50. The Bertz CT molecular complexity index is 553. The summed E-state index contributed by atoms with van der Waals surface area (Å²) in [7, 11) is 0. The average Bonchev–Trinajstić information content (AvgIpc) is 2.86. The van der Waals surface area contributed by atoms with Gasteiger partial charge in [0.1, 0.15) is 17.9 Å². The molecule has 2 rings (SSSR count). The first-order valence-corrected chi connectivity index (χ1v) is 7.50. The topological polar surface area (TPSA) is 66.0 Å². The molecule has 1 aromatic heterocycles. The number of rotatable bonds is 8. The van der Waals surface area contributed by atoms with Crippen molar-refractivity contribution >= 4 is 0 Å². The molecule has 5 nitrogen and oxygen atoms in total. The Balaban J connectivity index is 1.77. The van der Waals surface area contributed by atoms with Gasteiger partial charge < -0.3 is 10.5 Å². The summed E-state index contributed by atoms with van der Waals surface area (Å²) in [5.74, 6) is 1.86. The Kier molecular flexibility index (Phi) is 5.75. The number of nitrogens with zero attached hydrogens (tertiary/aromatic N) is 3. The molecule has 21 heavy (non-hydrogen) atoms. The largest absolute Gasteiger partial charge is 0.494 e. The van der Waals surface area contributed by atoms with Crippen LogP contribution in [0.3, 0.4) is 0 Å². The second-order valence-electron chi connectivity index (χ2n) is 5.32. The fourth-order valence-electron chi connectivity index (χ4n) is 2.21. The van der Waals surface area contributed by atoms with Crippen LogP contribution >= 0.6 is 0 Å². The summed E-state index contributed by atoms with van der Waals surface area (Å²) in [6, 6.07) is 8.09. The second-order valence-corrected chi connectivity index (χ2v) is 5.32. The van der Waals surface area contributed by atoms with E-state index in [1.165, 1.54) is 5.56 Å². The highest BCUT2D eigenvalue weighted by Gasteiger charge is 2.10. The molecule has 0 bridgehead atoms. The lowest BCUT2D eigenvalue weighted by molar-refractivity contribution is 0.295. The third kappa shape index (κ3) is 4.86. The molecule has 0 aliphatic heterocycles. The van der Waals surface area contributed by atoms with Crippen LogP contribution in [-0.2, 0) is 13.0 Å². The van der Waals surface area contributed by atoms with E-state index in [4.69, 9.17) is 10.5 Å². The molecular weight excluding hydrogens is 264 g/mol. The summed E-state index contributed by atoms with van der Waals surface area (Å²) in [6.07, 6.45) is 4.17. The molecule has 0 aliphatic rings. The van der Waals surface area contributed by atoms with Crippen molar-refractivity contribution < 1.29 is 4.74 Å². The van der Waals surface area contributed by atoms with Crippen molar-refractivity contribution in [2.45, 2.75) is 45.7 Å². The quantitative estimate of drug-likeness (QED) is 0.809. The van der Waals surface area contributed by atoms with E-state index in [0.717, 1.165) is 37.4 Å². The maximum Gasteiger partial charge on any atom is 0.138 e. The molecule has 1 aromatic carbocycles. The zero-order valence-corrected chi connectivity index (χ0v) is 12.8. The smallest absolute Gasteiger partial charge is 0.138 e. The Hall–Kier alpha value is -1.88. The minimum Gasteiger partial charge on any atom is -0.494 e. The van der Waals surface area contributed by atoms with E-state index in [-0.39, 0.29) is 6.04 Å². The summed E-state index contributed by atoms with van der Waals surface area (Å²) < 4.78 is 7.66. The molecule has 0 saturated heterocycles. The number of aryl methyl sites for hydroxylation is 2. The van der Waals surface area contributed by atoms with Crippen LogP contribution in [0.25, 0.3) is 0 Å². The van der Waals surface area contributed by atoms with Gasteiger partial charge >= 0.3 is 0 Å². The van der Waals surface area contributed by atoms with Gasteiger partial charge in [-0.15, -0.1) is 0 Å². The van der Waals surface area contributed by atoms with E-state index in [1.807, 2.05) is 22.9 Å². The third-order valence-corrected chi connectivity index (χ3v) is 3.32. The molecule has 0 spiro atoms. The molecule has 0 radical (unpaired) electrons. The minimum absolute atomic E-state index is 0.0367. The Morgan fingerprint density at radius 3 is 3.00 bits per heavy atom. The molecule has 0 amide bonds. The average molecular weight is 288 g/mol. The number of benzene rings is 1. The number of aromatic nitrogens is 3. The standard InChI is InChI=1S/C16H24N4O/c1-3-8-20-16(18-12-19-20)11-14(17)7-9-21-15-6-4-5-13(2)10-15/h4-6,10,12,14H,3,7-9,11,17H2,1-2H3. The van der Waals surface area contributed by atoms with Crippen molar-refractivity contribution in [1.82, 2.24) is 14.8 Å². The normalized spacial score (nSPS) is 12.3. The van der Waals surface area contributed by atoms with Gasteiger partial charge in [-0.25, -0.2) is 4.98 Å². The predicted octanol–water partition coefficient (Wildman–Crippen LogP) is 2.34. The van der Waals surface area contributed by atoms with E-state index in [0.29, 0.717) is 6.61 Å². The van der Waals surface area contributed by atoms with Crippen LogP contribution in [-0.4, -0.2) is 27.4 Å². The highest BCUT2D eigenvalue weighted by molar-refractivity contribution is 5.27. The van der Waals surface area contributed by atoms with Crippen LogP contribution in [0.4, 0.5) is 0 Å². The zero-order chi connectivity index (χ0) is 15.1. The fraction of sp³-hybridized carbons (Fsp3) is 0.500. The van der Waals surface area contributed by atoms with Crippen LogP contribution < -0.4 is 10.5 Å². The van der Waals surface area contributed by atoms with Crippen molar-refractivity contribution in [2.75, 3.05) is 6.61 Å². The van der Waals surface area contributed by atoms with Gasteiger partial charge in [-0.3, -0.25) is 4.68 Å². The number of hydrogen-bond acceptors (Lipinski definition) is 4. The van der Waals surface area contributed by atoms with Gasteiger partial charge in [0.05, 0.1) is 6.61 Å². The van der Waals surface area contributed by atoms with Crippen molar-refractivity contribution in [3.8, 4) is 5.75 Å². The van der Waals surface area contributed by atoms with Gasteiger partial charge in [-0.05, 0) is 37.5 Å². The fourth-order valence-corrected chi connectivity index (χ4v) is 2.21. The van der Waals surface area contributed by atoms with Crippen molar-refractivity contribution in [2.24, 2.45) is 5.73 Å². The molecule has 0 fully saturated rings. The van der Waals surface area contributed by atoms with Crippen molar-refractivity contribution in [1.29, 1.82) is 0 Å². The Morgan fingerprint density at radius 1 is 1.38 bits per heavy atom. The van der Waals surface area contributed by atoms with Gasteiger partial charge in [0.2, 0.25) is 0 Å². The van der Waals surface area contributed by atoms with Crippen LogP contribution in [0.5, 0.6) is 5.75 Å².